The summed E-state index contributed by atoms with van der Waals surface area (Å²) >= 11 is 13.5. The van der Waals surface area contributed by atoms with Gasteiger partial charge >= 0.3 is 0 Å². The van der Waals surface area contributed by atoms with Crippen molar-refractivity contribution in [2.24, 2.45) is 0 Å². The normalized spacial score (nSPS) is 10.7. The molecule has 0 bridgehead atoms. The molecular formula is C12H13Cl2N3OS. The molecular weight excluding hydrogens is 305 g/mol. The highest BCUT2D eigenvalue weighted by atomic mass is 35.5. The van der Waals surface area contributed by atoms with Crippen LogP contribution in [-0.2, 0) is 17.9 Å². The standard InChI is InChI=1S/C12H13Cl2N3OS/c1-17(12-15-10(7-18-2)16-19-12)6-8-4-3-5-9(13)11(8)14/h3-5H,6-7H2,1-2H3. The average molecular weight is 318 g/mol. The van der Waals surface area contributed by atoms with Crippen molar-refractivity contribution in [1.29, 1.82) is 0 Å². The molecule has 1 aromatic carbocycles. The minimum atomic E-state index is 0.419. The zero-order valence-electron chi connectivity index (χ0n) is 10.6. The van der Waals surface area contributed by atoms with Crippen LogP contribution in [0.1, 0.15) is 11.4 Å². The molecule has 0 radical (unpaired) electrons. The van der Waals surface area contributed by atoms with Crippen LogP contribution in [0.2, 0.25) is 10.0 Å². The smallest absolute Gasteiger partial charge is 0.205 e. The van der Waals surface area contributed by atoms with Gasteiger partial charge in [-0.15, -0.1) is 0 Å². The monoisotopic (exact) mass is 317 g/mol. The fraction of sp³-hybridized carbons (Fsp3) is 0.333. The highest BCUT2D eigenvalue weighted by Gasteiger charge is 2.11. The Balaban J connectivity index is 2.11. The number of ether oxygens (including phenoxy) is 1. The Morgan fingerprint density at radius 1 is 1.37 bits per heavy atom. The molecule has 0 fully saturated rings. The molecule has 0 aliphatic rings. The molecule has 0 N–H and O–H groups in total. The first-order valence-corrected chi connectivity index (χ1v) is 7.10. The molecule has 2 aromatic rings. The number of methoxy groups -OCH3 is 1. The van der Waals surface area contributed by atoms with Gasteiger partial charge in [0.05, 0.1) is 10.0 Å². The summed E-state index contributed by atoms with van der Waals surface area (Å²) in [4.78, 5) is 6.36. The second-order valence-electron chi connectivity index (χ2n) is 4.00. The Labute approximate surface area is 126 Å². The lowest BCUT2D eigenvalue weighted by atomic mass is 10.2. The molecule has 0 aliphatic carbocycles. The summed E-state index contributed by atoms with van der Waals surface area (Å²) in [5, 5.41) is 1.96. The Morgan fingerprint density at radius 2 is 2.16 bits per heavy atom. The quantitative estimate of drug-likeness (QED) is 0.844. The van der Waals surface area contributed by atoms with E-state index in [2.05, 4.69) is 9.36 Å². The molecule has 102 valence electrons. The number of benzene rings is 1. The van der Waals surface area contributed by atoms with E-state index in [1.54, 1.807) is 13.2 Å². The number of nitrogens with zero attached hydrogens (tertiary/aromatic N) is 3. The maximum atomic E-state index is 6.17. The van der Waals surface area contributed by atoms with Gasteiger partial charge in [0, 0.05) is 32.2 Å². The Morgan fingerprint density at radius 3 is 2.89 bits per heavy atom. The van der Waals surface area contributed by atoms with Gasteiger partial charge in [0.2, 0.25) is 5.13 Å². The van der Waals surface area contributed by atoms with Gasteiger partial charge in [0.25, 0.3) is 0 Å². The first kappa shape index (κ1) is 14.5. The van der Waals surface area contributed by atoms with Gasteiger partial charge in [-0.3, -0.25) is 0 Å². The second-order valence-corrected chi connectivity index (χ2v) is 5.51. The van der Waals surface area contributed by atoms with Gasteiger partial charge in [0.1, 0.15) is 6.61 Å². The van der Waals surface area contributed by atoms with E-state index in [-0.39, 0.29) is 0 Å². The average Bonchev–Trinajstić information content (AvgIpc) is 2.84. The third-order valence-corrected chi connectivity index (χ3v) is 4.22. The first-order valence-electron chi connectivity index (χ1n) is 5.57. The zero-order valence-corrected chi connectivity index (χ0v) is 12.9. The predicted octanol–water partition coefficient (Wildman–Crippen LogP) is 3.63. The van der Waals surface area contributed by atoms with Crippen molar-refractivity contribution in [2.75, 3.05) is 19.1 Å². The van der Waals surface area contributed by atoms with E-state index in [0.717, 1.165) is 10.7 Å². The molecule has 0 atom stereocenters. The number of anilines is 1. The summed E-state index contributed by atoms with van der Waals surface area (Å²) < 4.78 is 9.21. The second kappa shape index (κ2) is 6.52. The number of hydrogen-bond acceptors (Lipinski definition) is 5. The molecule has 0 saturated heterocycles. The molecule has 0 amide bonds. The van der Waals surface area contributed by atoms with Gasteiger partial charge < -0.3 is 9.64 Å². The van der Waals surface area contributed by atoms with Crippen LogP contribution >= 0.6 is 34.7 Å². The highest BCUT2D eigenvalue weighted by Crippen LogP contribution is 2.27. The first-order chi connectivity index (χ1) is 9.11. The predicted molar refractivity (Wildman–Crippen MR) is 79.2 cm³/mol. The molecule has 1 aromatic heterocycles. The molecule has 4 nitrogen and oxygen atoms in total. The van der Waals surface area contributed by atoms with Gasteiger partial charge in [0.15, 0.2) is 5.82 Å². The van der Waals surface area contributed by atoms with Crippen LogP contribution in [0, 0.1) is 0 Å². The van der Waals surface area contributed by atoms with E-state index in [1.807, 2.05) is 24.1 Å². The van der Waals surface area contributed by atoms with Crippen molar-refractivity contribution in [2.45, 2.75) is 13.2 Å². The van der Waals surface area contributed by atoms with Crippen molar-refractivity contribution in [3.05, 3.63) is 39.6 Å². The molecule has 2 rings (SSSR count). The third kappa shape index (κ3) is 3.57. The molecule has 0 aliphatic heterocycles. The van der Waals surface area contributed by atoms with Crippen LogP contribution in [0.5, 0.6) is 0 Å². The minimum Gasteiger partial charge on any atom is -0.377 e. The van der Waals surface area contributed by atoms with E-state index >= 15 is 0 Å². The van der Waals surface area contributed by atoms with Crippen LogP contribution in [-0.4, -0.2) is 23.5 Å². The lowest BCUT2D eigenvalue weighted by Gasteiger charge is -2.16. The number of aromatic nitrogens is 2. The molecule has 19 heavy (non-hydrogen) atoms. The largest absolute Gasteiger partial charge is 0.377 e. The van der Waals surface area contributed by atoms with Crippen molar-refractivity contribution in [3.63, 3.8) is 0 Å². The van der Waals surface area contributed by atoms with Crippen LogP contribution < -0.4 is 4.90 Å². The lowest BCUT2D eigenvalue weighted by molar-refractivity contribution is 0.179. The third-order valence-electron chi connectivity index (χ3n) is 2.50. The van der Waals surface area contributed by atoms with Crippen LogP contribution in [0.3, 0.4) is 0 Å². The van der Waals surface area contributed by atoms with Crippen LogP contribution in [0.15, 0.2) is 18.2 Å². The van der Waals surface area contributed by atoms with Crippen LogP contribution in [0.4, 0.5) is 5.13 Å². The summed E-state index contributed by atoms with van der Waals surface area (Å²) in [7, 11) is 3.56. The summed E-state index contributed by atoms with van der Waals surface area (Å²) in [6.07, 6.45) is 0. The van der Waals surface area contributed by atoms with E-state index in [9.17, 15) is 0 Å². The molecule has 0 unspecified atom stereocenters. The fourth-order valence-corrected chi connectivity index (χ4v) is 2.59. The minimum absolute atomic E-state index is 0.419. The summed E-state index contributed by atoms with van der Waals surface area (Å²) in [6, 6.07) is 5.60. The molecule has 7 heteroatoms. The van der Waals surface area contributed by atoms with Crippen molar-refractivity contribution in [1.82, 2.24) is 9.36 Å². The maximum Gasteiger partial charge on any atom is 0.205 e. The summed E-state index contributed by atoms with van der Waals surface area (Å²) in [5.74, 6) is 0.687. The Bertz CT molecular complexity index is 562. The molecule has 0 saturated carbocycles. The van der Waals surface area contributed by atoms with Gasteiger partial charge in [-0.05, 0) is 11.6 Å². The summed E-state index contributed by atoms with van der Waals surface area (Å²) in [6.45, 7) is 1.04. The van der Waals surface area contributed by atoms with E-state index in [1.165, 1.54) is 11.5 Å². The van der Waals surface area contributed by atoms with Crippen molar-refractivity contribution >= 4 is 39.9 Å². The Hall–Kier alpha value is -0.880. The molecule has 0 spiro atoms. The number of rotatable bonds is 5. The van der Waals surface area contributed by atoms with Gasteiger partial charge in [-0.1, -0.05) is 35.3 Å². The van der Waals surface area contributed by atoms with Crippen molar-refractivity contribution < 1.29 is 4.74 Å². The SMILES string of the molecule is COCc1nsc(N(C)Cc2cccc(Cl)c2Cl)n1. The van der Waals surface area contributed by atoms with Crippen molar-refractivity contribution in [3.8, 4) is 0 Å². The number of halogens is 2. The lowest BCUT2D eigenvalue weighted by Crippen LogP contribution is -2.16. The topological polar surface area (TPSA) is 38.2 Å². The van der Waals surface area contributed by atoms with Gasteiger partial charge in [-0.2, -0.15) is 4.37 Å². The van der Waals surface area contributed by atoms with Crippen LogP contribution in [0.25, 0.3) is 0 Å². The zero-order chi connectivity index (χ0) is 13.8. The van der Waals surface area contributed by atoms with E-state index < -0.39 is 0 Å². The Kier molecular flexibility index (Phi) is 4.99. The maximum absolute atomic E-state index is 6.17. The summed E-state index contributed by atoms with van der Waals surface area (Å²) in [5.41, 5.74) is 0.958. The number of hydrogen-bond donors (Lipinski definition) is 0. The molecule has 1 heterocycles. The van der Waals surface area contributed by atoms with E-state index in [0.29, 0.717) is 29.0 Å². The fourth-order valence-electron chi connectivity index (χ4n) is 1.58. The van der Waals surface area contributed by atoms with Gasteiger partial charge in [-0.25, -0.2) is 4.98 Å². The highest BCUT2D eigenvalue weighted by molar-refractivity contribution is 7.09. The van der Waals surface area contributed by atoms with E-state index in [4.69, 9.17) is 27.9 Å².